The van der Waals surface area contributed by atoms with E-state index in [1.165, 1.54) is 13.2 Å². The second kappa shape index (κ2) is 12.3. The summed E-state index contributed by atoms with van der Waals surface area (Å²) in [4.78, 5) is 4.17. The minimum Gasteiger partial charge on any atom is -0.493 e. The summed E-state index contributed by atoms with van der Waals surface area (Å²) in [5.74, 6) is 0.862. The van der Waals surface area contributed by atoms with Gasteiger partial charge in [0.15, 0.2) is 24.1 Å². The van der Waals surface area contributed by atoms with Crippen LogP contribution in [0.2, 0.25) is 0 Å². The van der Waals surface area contributed by atoms with Crippen LogP contribution in [-0.4, -0.2) is 52.7 Å². The normalized spacial score (nSPS) is 13.3. The lowest BCUT2D eigenvalue weighted by Gasteiger charge is -2.30. The van der Waals surface area contributed by atoms with E-state index in [1.807, 2.05) is 0 Å². The maximum absolute atomic E-state index is 12.3. The highest BCUT2D eigenvalue weighted by Crippen LogP contribution is 2.29. The van der Waals surface area contributed by atoms with E-state index in [2.05, 4.69) is 36.4 Å². The third-order valence-electron chi connectivity index (χ3n) is 4.01. The van der Waals surface area contributed by atoms with E-state index in [9.17, 15) is 13.2 Å². The Balaban J connectivity index is 0.00000784. The van der Waals surface area contributed by atoms with Gasteiger partial charge in [-0.15, -0.1) is 24.0 Å². The van der Waals surface area contributed by atoms with Crippen molar-refractivity contribution in [1.29, 1.82) is 0 Å². The van der Waals surface area contributed by atoms with Gasteiger partial charge in [0, 0.05) is 27.2 Å². The van der Waals surface area contributed by atoms with E-state index in [-0.39, 0.29) is 47.0 Å². The Morgan fingerprint density at radius 1 is 1.10 bits per heavy atom. The molecule has 0 amide bonds. The molecule has 0 saturated heterocycles. The van der Waals surface area contributed by atoms with Crippen LogP contribution in [0.1, 0.15) is 26.3 Å². The van der Waals surface area contributed by atoms with Gasteiger partial charge in [0.1, 0.15) is 0 Å². The zero-order valence-corrected chi connectivity index (χ0v) is 20.0. The maximum Gasteiger partial charge on any atom is 0.422 e. The number of guanidine groups is 1. The van der Waals surface area contributed by atoms with Crippen LogP contribution < -0.4 is 20.1 Å². The van der Waals surface area contributed by atoms with Crippen LogP contribution in [0.15, 0.2) is 23.2 Å². The fraction of sp³-hybridized carbons (Fsp3) is 0.632. The van der Waals surface area contributed by atoms with Gasteiger partial charge in [-0.25, -0.2) is 0 Å². The Hall–Kier alpha value is -1.43. The first-order valence-electron chi connectivity index (χ1n) is 8.84. The van der Waals surface area contributed by atoms with Gasteiger partial charge >= 0.3 is 6.18 Å². The fourth-order valence-electron chi connectivity index (χ4n) is 2.44. The molecule has 0 radical (unpaired) electrons. The van der Waals surface area contributed by atoms with Gasteiger partial charge in [-0.3, -0.25) is 4.99 Å². The standard InChI is InChI=1S/C19H30F3N3O3.HI/c1-18(2,3)16(27-6)11-25-17(23-4)24-10-13-7-8-14(15(9-13)26-5)28-12-19(20,21)22;/h7-9,16H,10-12H2,1-6H3,(H2,23,24,25);1H. The molecule has 6 nitrogen and oxygen atoms in total. The summed E-state index contributed by atoms with van der Waals surface area (Å²) in [6.45, 7) is 5.89. The molecular weight excluding hydrogens is 502 g/mol. The van der Waals surface area contributed by atoms with Crippen LogP contribution >= 0.6 is 24.0 Å². The minimum absolute atomic E-state index is 0. The smallest absolute Gasteiger partial charge is 0.422 e. The highest BCUT2D eigenvalue weighted by molar-refractivity contribution is 14.0. The lowest BCUT2D eigenvalue weighted by Crippen LogP contribution is -2.45. The summed E-state index contributed by atoms with van der Waals surface area (Å²) in [7, 11) is 4.70. The molecule has 0 heterocycles. The number of ether oxygens (including phenoxy) is 3. The Bertz CT molecular complexity index is 650. The Kier molecular flexibility index (Phi) is 11.7. The zero-order valence-electron chi connectivity index (χ0n) is 17.6. The summed E-state index contributed by atoms with van der Waals surface area (Å²) in [5, 5.41) is 6.36. The van der Waals surface area contributed by atoms with E-state index >= 15 is 0 Å². The molecule has 29 heavy (non-hydrogen) atoms. The number of methoxy groups -OCH3 is 2. The lowest BCUT2D eigenvalue weighted by atomic mass is 9.89. The number of benzene rings is 1. The molecular formula is C19H31F3IN3O3. The van der Waals surface area contributed by atoms with Gasteiger partial charge in [0.2, 0.25) is 0 Å². The van der Waals surface area contributed by atoms with Crippen molar-refractivity contribution >= 4 is 29.9 Å². The topological polar surface area (TPSA) is 64.1 Å². The molecule has 0 saturated carbocycles. The van der Waals surface area contributed by atoms with Gasteiger partial charge in [-0.2, -0.15) is 13.2 Å². The average Bonchev–Trinajstić information content (AvgIpc) is 2.61. The Morgan fingerprint density at radius 2 is 1.76 bits per heavy atom. The van der Waals surface area contributed by atoms with Crippen molar-refractivity contribution in [1.82, 2.24) is 10.6 Å². The van der Waals surface area contributed by atoms with Gasteiger partial charge in [-0.05, 0) is 23.1 Å². The van der Waals surface area contributed by atoms with Gasteiger partial charge in [0.25, 0.3) is 0 Å². The van der Waals surface area contributed by atoms with Gasteiger partial charge in [-0.1, -0.05) is 26.8 Å². The van der Waals surface area contributed by atoms with Crippen molar-refractivity contribution in [2.45, 2.75) is 39.6 Å². The maximum atomic E-state index is 12.3. The van der Waals surface area contributed by atoms with Crippen LogP contribution in [-0.2, 0) is 11.3 Å². The third kappa shape index (κ3) is 10.2. The average molecular weight is 533 g/mol. The molecule has 0 spiro atoms. The first-order chi connectivity index (χ1) is 13.0. The van der Waals surface area contributed by atoms with Crippen LogP contribution in [0.25, 0.3) is 0 Å². The number of aliphatic imine (C=N–C) groups is 1. The zero-order chi connectivity index (χ0) is 21.4. The van der Waals surface area contributed by atoms with Gasteiger partial charge < -0.3 is 24.8 Å². The second-order valence-electron chi connectivity index (χ2n) is 7.29. The molecule has 0 aliphatic rings. The number of hydrogen-bond acceptors (Lipinski definition) is 4. The summed E-state index contributed by atoms with van der Waals surface area (Å²) < 4.78 is 52.4. The highest BCUT2D eigenvalue weighted by atomic mass is 127. The Morgan fingerprint density at radius 3 is 2.24 bits per heavy atom. The van der Waals surface area contributed by atoms with Crippen molar-refractivity contribution in [2.24, 2.45) is 10.4 Å². The fourth-order valence-corrected chi connectivity index (χ4v) is 2.44. The van der Waals surface area contributed by atoms with Crippen molar-refractivity contribution in [2.75, 3.05) is 34.4 Å². The van der Waals surface area contributed by atoms with Crippen LogP contribution in [0.5, 0.6) is 11.5 Å². The van der Waals surface area contributed by atoms with Crippen LogP contribution in [0.4, 0.5) is 13.2 Å². The summed E-state index contributed by atoms with van der Waals surface area (Å²) >= 11 is 0. The molecule has 1 aromatic rings. The predicted molar refractivity (Wildman–Crippen MR) is 118 cm³/mol. The summed E-state index contributed by atoms with van der Waals surface area (Å²) in [5.41, 5.74) is 0.776. The molecule has 0 fully saturated rings. The number of rotatable bonds is 8. The first-order valence-corrected chi connectivity index (χ1v) is 8.84. The minimum atomic E-state index is -4.41. The Labute approximate surface area is 187 Å². The molecule has 1 unspecified atom stereocenters. The molecule has 1 atom stereocenters. The number of nitrogens with one attached hydrogen (secondary N) is 2. The largest absolute Gasteiger partial charge is 0.493 e. The predicted octanol–water partition coefficient (Wildman–Crippen LogP) is 3.98. The molecule has 168 valence electrons. The molecule has 10 heteroatoms. The lowest BCUT2D eigenvalue weighted by molar-refractivity contribution is -0.153. The molecule has 0 aliphatic heterocycles. The third-order valence-corrected chi connectivity index (χ3v) is 4.01. The molecule has 0 bridgehead atoms. The molecule has 1 rings (SSSR count). The van der Waals surface area contributed by atoms with E-state index in [1.54, 1.807) is 26.3 Å². The number of nitrogens with zero attached hydrogens (tertiary/aromatic N) is 1. The SMILES string of the molecule is CN=C(NCc1ccc(OCC(F)(F)F)c(OC)c1)NCC(OC)C(C)(C)C.I. The quantitative estimate of drug-likeness (QED) is 0.301. The van der Waals surface area contributed by atoms with E-state index in [4.69, 9.17) is 14.2 Å². The number of halogens is 4. The summed E-state index contributed by atoms with van der Waals surface area (Å²) in [6, 6.07) is 4.75. The second-order valence-corrected chi connectivity index (χ2v) is 7.29. The van der Waals surface area contributed by atoms with Crippen molar-refractivity contribution in [3.8, 4) is 11.5 Å². The molecule has 0 aliphatic carbocycles. The van der Waals surface area contributed by atoms with Crippen molar-refractivity contribution in [3.05, 3.63) is 23.8 Å². The molecule has 1 aromatic carbocycles. The monoisotopic (exact) mass is 533 g/mol. The number of alkyl halides is 3. The van der Waals surface area contributed by atoms with Gasteiger partial charge in [0.05, 0.1) is 13.2 Å². The molecule has 0 aromatic heterocycles. The van der Waals surface area contributed by atoms with E-state index in [0.717, 1.165) is 5.56 Å². The van der Waals surface area contributed by atoms with Crippen LogP contribution in [0.3, 0.4) is 0 Å². The first kappa shape index (κ1) is 27.6. The van der Waals surface area contributed by atoms with Crippen LogP contribution in [0, 0.1) is 5.41 Å². The number of hydrogen-bond donors (Lipinski definition) is 2. The highest BCUT2D eigenvalue weighted by Gasteiger charge is 2.29. The van der Waals surface area contributed by atoms with Crippen molar-refractivity contribution in [3.63, 3.8) is 0 Å². The summed E-state index contributed by atoms with van der Waals surface area (Å²) in [6.07, 6.45) is -4.41. The molecule has 2 N–H and O–H groups in total. The van der Waals surface area contributed by atoms with E-state index < -0.39 is 12.8 Å². The van der Waals surface area contributed by atoms with E-state index in [0.29, 0.717) is 19.0 Å². The van der Waals surface area contributed by atoms with Crippen molar-refractivity contribution < 1.29 is 27.4 Å².